The molecule has 0 aromatic heterocycles. The van der Waals surface area contributed by atoms with E-state index in [2.05, 4.69) is 5.32 Å². The van der Waals surface area contributed by atoms with Gasteiger partial charge in [0, 0.05) is 11.8 Å². The van der Waals surface area contributed by atoms with E-state index < -0.39 is 6.04 Å². The second-order valence-corrected chi connectivity index (χ2v) is 4.15. The lowest BCUT2D eigenvalue weighted by Crippen LogP contribution is -2.39. The summed E-state index contributed by atoms with van der Waals surface area (Å²) in [6, 6.07) is 4.07. The number of amides is 1. The van der Waals surface area contributed by atoms with Crippen molar-refractivity contribution in [2.24, 2.45) is 11.7 Å². The predicted molar refractivity (Wildman–Crippen MR) is 66.1 cm³/mol. The van der Waals surface area contributed by atoms with Crippen LogP contribution in [-0.4, -0.2) is 24.2 Å². The van der Waals surface area contributed by atoms with Crippen LogP contribution in [0.3, 0.4) is 0 Å². The molecule has 17 heavy (non-hydrogen) atoms. The number of nitrogens with two attached hydrogens (primary N) is 1. The van der Waals surface area contributed by atoms with E-state index in [0.29, 0.717) is 11.4 Å². The minimum atomic E-state index is -0.570. The Morgan fingerprint density at radius 3 is 2.59 bits per heavy atom. The van der Waals surface area contributed by atoms with E-state index in [0.717, 1.165) is 0 Å². The van der Waals surface area contributed by atoms with Gasteiger partial charge in [-0.15, -0.1) is 0 Å². The van der Waals surface area contributed by atoms with Gasteiger partial charge in [0.25, 0.3) is 0 Å². The third-order valence-electron chi connectivity index (χ3n) is 2.47. The van der Waals surface area contributed by atoms with Crippen molar-refractivity contribution in [3.05, 3.63) is 18.2 Å². The van der Waals surface area contributed by atoms with Crippen molar-refractivity contribution in [1.82, 2.24) is 0 Å². The molecule has 4 N–H and O–H groups in total. The molecule has 0 spiro atoms. The van der Waals surface area contributed by atoms with E-state index in [1.165, 1.54) is 13.2 Å². The lowest BCUT2D eigenvalue weighted by molar-refractivity contribution is -0.118. The highest BCUT2D eigenvalue weighted by Gasteiger charge is 2.17. The van der Waals surface area contributed by atoms with Crippen LogP contribution in [0.1, 0.15) is 13.8 Å². The van der Waals surface area contributed by atoms with Crippen molar-refractivity contribution in [1.29, 1.82) is 0 Å². The molecule has 0 bridgehead atoms. The normalized spacial score (nSPS) is 12.3. The van der Waals surface area contributed by atoms with E-state index in [-0.39, 0.29) is 17.6 Å². The molecule has 0 heterocycles. The number of aromatic hydroxyl groups is 1. The number of anilines is 1. The maximum atomic E-state index is 11.7. The quantitative estimate of drug-likeness (QED) is 0.738. The minimum Gasteiger partial charge on any atom is -0.504 e. The monoisotopic (exact) mass is 238 g/mol. The van der Waals surface area contributed by atoms with Gasteiger partial charge in [0.2, 0.25) is 5.91 Å². The van der Waals surface area contributed by atoms with Gasteiger partial charge in [-0.25, -0.2) is 0 Å². The summed E-state index contributed by atoms with van der Waals surface area (Å²) < 4.78 is 4.90. The zero-order valence-electron chi connectivity index (χ0n) is 10.2. The Kier molecular flexibility index (Phi) is 4.34. The van der Waals surface area contributed by atoms with Gasteiger partial charge >= 0.3 is 0 Å². The number of carbonyl (C=O) groups excluding carboxylic acids is 1. The number of benzene rings is 1. The highest BCUT2D eigenvalue weighted by molar-refractivity contribution is 5.95. The zero-order valence-corrected chi connectivity index (χ0v) is 10.2. The van der Waals surface area contributed by atoms with Gasteiger partial charge < -0.3 is 20.9 Å². The topological polar surface area (TPSA) is 84.6 Å². The van der Waals surface area contributed by atoms with Crippen molar-refractivity contribution in [3.8, 4) is 11.5 Å². The first-order valence-electron chi connectivity index (χ1n) is 5.39. The lowest BCUT2D eigenvalue weighted by atomic mass is 10.0. The molecule has 94 valence electrons. The molecule has 0 aliphatic rings. The Labute approximate surface area is 101 Å². The fourth-order valence-corrected chi connectivity index (χ4v) is 1.30. The standard InChI is InChI=1S/C12H18N2O3/c1-7(2)11(13)12(16)14-8-4-5-10(17-3)9(15)6-8/h4-7,11,15H,13H2,1-3H3,(H,14,16)/t11-/m0/s1. The van der Waals surface area contributed by atoms with Crippen molar-refractivity contribution >= 4 is 11.6 Å². The summed E-state index contributed by atoms with van der Waals surface area (Å²) >= 11 is 0. The molecule has 1 rings (SSSR count). The first-order chi connectivity index (χ1) is 7.95. The van der Waals surface area contributed by atoms with Gasteiger partial charge in [-0.2, -0.15) is 0 Å². The Balaban J connectivity index is 2.76. The van der Waals surface area contributed by atoms with E-state index in [1.54, 1.807) is 12.1 Å². The van der Waals surface area contributed by atoms with Crippen LogP contribution in [0.15, 0.2) is 18.2 Å². The molecule has 5 heteroatoms. The third-order valence-corrected chi connectivity index (χ3v) is 2.47. The maximum Gasteiger partial charge on any atom is 0.241 e. The van der Waals surface area contributed by atoms with E-state index >= 15 is 0 Å². The smallest absolute Gasteiger partial charge is 0.241 e. The maximum absolute atomic E-state index is 11.7. The second-order valence-electron chi connectivity index (χ2n) is 4.15. The second kappa shape index (κ2) is 5.54. The molecule has 1 atom stereocenters. The molecule has 0 aliphatic heterocycles. The Bertz CT molecular complexity index is 405. The summed E-state index contributed by atoms with van der Waals surface area (Å²) in [6.45, 7) is 3.74. The molecule has 0 saturated heterocycles. The van der Waals surface area contributed by atoms with Crippen LogP contribution in [0.25, 0.3) is 0 Å². The van der Waals surface area contributed by atoms with Crippen LogP contribution >= 0.6 is 0 Å². The van der Waals surface area contributed by atoms with E-state index in [4.69, 9.17) is 10.5 Å². The summed E-state index contributed by atoms with van der Waals surface area (Å²) in [7, 11) is 1.46. The SMILES string of the molecule is COc1ccc(NC(=O)[C@@H](N)C(C)C)cc1O. The summed E-state index contributed by atoms with van der Waals surface area (Å²) in [5.74, 6) is 0.117. The largest absolute Gasteiger partial charge is 0.504 e. The molecule has 1 amide bonds. The van der Waals surface area contributed by atoms with Gasteiger partial charge in [0.05, 0.1) is 13.2 Å². The molecular formula is C12H18N2O3. The Morgan fingerprint density at radius 2 is 2.12 bits per heavy atom. The number of hydrogen-bond donors (Lipinski definition) is 3. The average molecular weight is 238 g/mol. The number of nitrogens with one attached hydrogen (secondary N) is 1. The van der Waals surface area contributed by atoms with Crippen LogP contribution in [0.2, 0.25) is 0 Å². The molecule has 0 aliphatic carbocycles. The van der Waals surface area contributed by atoms with Gasteiger partial charge in [-0.1, -0.05) is 13.8 Å². The number of ether oxygens (including phenoxy) is 1. The van der Waals surface area contributed by atoms with Crippen LogP contribution in [-0.2, 0) is 4.79 Å². The Hall–Kier alpha value is -1.75. The zero-order chi connectivity index (χ0) is 13.0. The number of hydrogen-bond acceptors (Lipinski definition) is 4. The van der Waals surface area contributed by atoms with Gasteiger partial charge in [0.15, 0.2) is 11.5 Å². The van der Waals surface area contributed by atoms with Gasteiger partial charge in [-0.05, 0) is 18.1 Å². The first kappa shape index (κ1) is 13.3. The molecule has 0 fully saturated rings. The molecule has 0 unspecified atom stereocenters. The molecule has 1 aromatic carbocycles. The van der Waals surface area contributed by atoms with Crippen LogP contribution in [0.5, 0.6) is 11.5 Å². The van der Waals surface area contributed by atoms with Crippen LogP contribution in [0, 0.1) is 5.92 Å². The number of phenols is 1. The van der Waals surface area contributed by atoms with Gasteiger partial charge in [-0.3, -0.25) is 4.79 Å². The summed E-state index contributed by atoms with van der Waals surface area (Å²) in [4.78, 5) is 11.7. The molecular weight excluding hydrogens is 220 g/mol. The summed E-state index contributed by atoms with van der Waals surface area (Å²) in [6.07, 6.45) is 0. The van der Waals surface area contributed by atoms with Crippen molar-refractivity contribution in [2.75, 3.05) is 12.4 Å². The number of rotatable bonds is 4. The molecule has 0 saturated carbocycles. The molecule has 0 radical (unpaired) electrons. The fourth-order valence-electron chi connectivity index (χ4n) is 1.30. The Morgan fingerprint density at radius 1 is 1.47 bits per heavy atom. The first-order valence-corrected chi connectivity index (χ1v) is 5.39. The van der Waals surface area contributed by atoms with E-state index in [9.17, 15) is 9.90 Å². The minimum absolute atomic E-state index is 0.0246. The van der Waals surface area contributed by atoms with Gasteiger partial charge in [0.1, 0.15) is 0 Å². The van der Waals surface area contributed by atoms with Crippen LogP contribution < -0.4 is 15.8 Å². The van der Waals surface area contributed by atoms with Crippen molar-refractivity contribution < 1.29 is 14.6 Å². The van der Waals surface area contributed by atoms with E-state index in [1.807, 2.05) is 13.8 Å². The number of phenolic OH excluding ortho intramolecular Hbond substituents is 1. The van der Waals surface area contributed by atoms with Crippen molar-refractivity contribution in [3.63, 3.8) is 0 Å². The molecule has 1 aromatic rings. The predicted octanol–water partition coefficient (Wildman–Crippen LogP) is 1.32. The fraction of sp³-hybridized carbons (Fsp3) is 0.417. The summed E-state index contributed by atoms with van der Waals surface area (Å²) in [5, 5.41) is 12.2. The third kappa shape index (κ3) is 3.35. The average Bonchev–Trinajstić information content (AvgIpc) is 2.28. The molecule has 5 nitrogen and oxygen atoms in total. The highest BCUT2D eigenvalue weighted by Crippen LogP contribution is 2.28. The summed E-state index contributed by atoms with van der Waals surface area (Å²) in [5.41, 5.74) is 6.19. The highest BCUT2D eigenvalue weighted by atomic mass is 16.5. The number of methoxy groups -OCH3 is 1. The number of carbonyl (C=O) groups is 1. The van der Waals surface area contributed by atoms with Crippen molar-refractivity contribution in [2.45, 2.75) is 19.9 Å². The lowest BCUT2D eigenvalue weighted by Gasteiger charge is -2.15. The van der Waals surface area contributed by atoms with Crippen LogP contribution in [0.4, 0.5) is 5.69 Å².